The maximum Gasteiger partial charge on any atom is 0.309 e. The van der Waals surface area contributed by atoms with Crippen molar-refractivity contribution >= 4 is 11.8 Å². The van der Waals surface area contributed by atoms with Gasteiger partial charge in [0.15, 0.2) is 11.5 Å². The number of carbonyl (C=O) groups excluding carboxylic acids is 2. The van der Waals surface area contributed by atoms with E-state index in [2.05, 4.69) is 17.6 Å². The molecule has 1 unspecified atom stereocenters. The molecule has 2 N–H and O–H groups in total. The minimum atomic E-state index is -0.635. The summed E-state index contributed by atoms with van der Waals surface area (Å²) in [6, 6.07) is 5.06. The maximum atomic E-state index is 11.9. The van der Waals surface area contributed by atoms with Crippen LogP contribution < -0.4 is 20.1 Å². The van der Waals surface area contributed by atoms with Gasteiger partial charge < -0.3 is 20.1 Å². The molecule has 0 aliphatic heterocycles. The largest absolute Gasteiger partial charge is 0.493 e. The second kappa shape index (κ2) is 9.71. The van der Waals surface area contributed by atoms with Gasteiger partial charge in [0.25, 0.3) is 0 Å². The second-order valence-electron chi connectivity index (χ2n) is 5.27. The molecule has 1 aromatic rings. The third kappa shape index (κ3) is 5.81. The first-order chi connectivity index (χ1) is 11.0. The number of unbranched alkanes of at least 4 members (excludes halogenated alkanes) is 2. The van der Waals surface area contributed by atoms with Crippen molar-refractivity contribution in [3.63, 3.8) is 0 Å². The van der Waals surface area contributed by atoms with Crippen LogP contribution in [0.15, 0.2) is 18.2 Å². The number of benzene rings is 1. The molecular weight excluding hydrogens is 296 g/mol. The molecule has 0 aromatic heterocycles. The summed E-state index contributed by atoms with van der Waals surface area (Å²) in [5, 5.41) is 5.30. The summed E-state index contributed by atoms with van der Waals surface area (Å²) in [7, 11) is 3.11. The normalized spacial score (nSPS) is 11.5. The Morgan fingerprint density at radius 3 is 2.39 bits per heavy atom. The summed E-state index contributed by atoms with van der Waals surface area (Å²) in [4.78, 5) is 23.6. The van der Waals surface area contributed by atoms with Gasteiger partial charge in [-0.15, -0.1) is 0 Å². The molecule has 128 valence electrons. The second-order valence-corrected chi connectivity index (χ2v) is 5.27. The first-order valence-corrected chi connectivity index (χ1v) is 7.84. The Morgan fingerprint density at radius 1 is 1.09 bits per heavy atom. The van der Waals surface area contributed by atoms with E-state index in [-0.39, 0.29) is 6.04 Å². The van der Waals surface area contributed by atoms with E-state index in [9.17, 15) is 9.59 Å². The van der Waals surface area contributed by atoms with E-state index in [0.29, 0.717) is 18.0 Å². The van der Waals surface area contributed by atoms with E-state index in [1.165, 1.54) is 0 Å². The molecule has 0 radical (unpaired) electrons. The van der Waals surface area contributed by atoms with Crippen molar-refractivity contribution < 1.29 is 19.1 Å². The van der Waals surface area contributed by atoms with Crippen LogP contribution in [0, 0.1) is 0 Å². The Kier molecular flexibility index (Phi) is 7.94. The number of rotatable bonds is 8. The molecule has 0 saturated carbocycles. The van der Waals surface area contributed by atoms with E-state index in [1.54, 1.807) is 26.4 Å². The molecule has 0 spiro atoms. The lowest BCUT2D eigenvalue weighted by Gasteiger charge is -2.16. The molecule has 6 heteroatoms. The van der Waals surface area contributed by atoms with Crippen molar-refractivity contribution in [1.82, 2.24) is 10.6 Å². The van der Waals surface area contributed by atoms with E-state index in [0.717, 1.165) is 24.8 Å². The Hall–Kier alpha value is -2.24. The van der Waals surface area contributed by atoms with Crippen LogP contribution in [0.4, 0.5) is 0 Å². The third-order valence-electron chi connectivity index (χ3n) is 3.53. The van der Waals surface area contributed by atoms with Crippen molar-refractivity contribution in [2.45, 2.75) is 39.2 Å². The standard InChI is InChI=1S/C17H26N2O4/c1-5-6-7-10-18-16(20)17(21)19-12(2)13-8-9-14(22-3)15(11-13)23-4/h8-9,11-12H,5-7,10H2,1-4H3,(H,18,20)(H,19,21). The molecule has 0 fully saturated rings. The van der Waals surface area contributed by atoms with Crippen LogP contribution in [-0.4, -0.2) is 32.6 Å². The fourth-order valence-electron chi connectivity index (χ4n) is 2.12. The van der Waals surface area contributed by atoms with Crippen molar-refractivity contribution in [2.24, 2.45) is 0 Å². The zero-order valence-electron chi connectivity index (χ0n) is 14.3. The van der Waals surface area contributed by atoms with Gasteiger partial charge in [-0.3, -0.25) is 9.59 Å². The highest BCUT2D eigenvalue weighted by molar-refractivity contribution is 6.35. The summed E-state index contributed by atoms with van der Waals surface area (Å²) in [5.74, 6) is -0.0456. The number of amides is 2. The minimum absolute atomic E-state index is 0.316. The summed E-state index contributed by atoms with van der Waals surface area (Å²) < 4.78 is 10.4. The van der Waals surface area contributed by atoms with Gasteiger partial charge >= 0.3 is 11.8 Å². The Balaban J connectivity index is 2.59. The molecule has 0 aliphatic rings. The van der Waals surface area contributed by atoms with Gasteiger partial charge in [0.05, 0.1) is 20.3 Å². The number of carbonyl (C=O) groups is 2. The first kappa shape index (κ1) is 18.8. The molecule has 23 heavy (non-hydrogen) atoms. The third-order valence-corrected chi connectivity index (χ3v) is 3.53. The van der Waals surface area contributed by atoms with Gasteiger partial charge in [-0.25, -0.2) is 0 Å². The lowest BCUT2D eigenvalue weighted by molar-refractivity contribution is -0.139. The van der Waals surface area contributed by atoms with E-state index in [1.807, 2.05) is 13.0 Å². The lowest BCUT2D eigenvalue weighted by Crippen LogP contribution is -2.41. The first-order valence-electron chi connectivity index (χ1n) is 7.84. The SMILES string of the molecule is CCCCCNC(=O)C(=O)NC(C)c1ccc(OC)c(OC)c1. The van der Waals surface area contributed by atoms with Crippen LogP contribution in [0.1, 0.15) is 44.7 Å². The minimum Gasteiger partial charge on any atom is -0.493 e. The van der Waals surface area contributed by atoms with Crippen molar-refractivity contribution in [2.75, 3.05) is 20.8 Å². The van der Waals surface area contributed by atoms with Gasteiger partial charge in [0, 0.05) is 6.54 Å². The Labute approximate surface area is 137 Å². The number of hydrogen-bond donors (Lipinski definition) is 2. The van der Waals surface area contributed by atoms with Crippen LogP contribution in [0.2, 0.25) is 0 Å². The number of hydrogen-bond acceptors (Lipinski definition) is 4. The van der Waals surface area contributed by atoms with Gasteiger partial charge in [-0.05, 0) is 31.0 Å². The number of methoxy groups -OCH3 is 2. The van der Waals surface area contributed by atoms with Crippen LogP contribution in [0.5, 0.6) is 11.5 Å². The van der Waals surface area contributed by atoms with Crippen LogP contribution in [0.3, 0.4) is 0 Å². The van der Waals surface area contributed by atoms with Crippen LogP contribution in [0.25, 0.3) is 0 Å². The van der Waals surface area contributed by atoms with E-state index < -0.39 is 11.8 Å². The van der Waals surface area contributed by atoms with Gasteiger partial charge in [-0.1, -0.05) is 25.8 Å². The Morgan fingerprint density at radius 2 is 1.78 bits per heavy atom. The summed E-state index contributed by atoms with van der Waals surface area (Å²) in [6.07, 6.45) is 2.98. The van der Waals surface area contributed by atoms with Crippen molar-refractivity contribution in [3.8, 4) is 11.5 Å². The van der Waals surface area contributed by atoms with Crippen LogP contribution >= 0.6 is 0 Å². The monoisotopic (exact) mass is 322 g/mol. The zero-order chi connectivity index (χ0) is 17.2. The van der Waals surface area contributed by atoms with Gasteiger partial charge in [-0.2, -0.15) is 0 Å². The van der Waals surface area contributed by atoms with Gasteiger partial charge in [0.1, 0.15) is 0 Å². The molecule has 0 heterocycles. The highest BCUT2D eigenvalue weighted by Crippen LogP contribution is 2.29. The fourth-order valence-corrected chi connectivity index (χ4v) is 2.12. The van der Waals surface area contributed by atoms with Crippen LogP contribution in [-0.2, 0) is 9.59 Å². The van der Waals surface area contributed by atoms with E-state index >= 15 is 0 Å². The predicted molar refractivity (Wildman–Crippen MR) is 88.6 cm³/mol. The molecule has 2 amide bonds. The predicted octanol–water partition coefficient (Wildman–Crippen LogP) is 2.19. The topological polar surface area (TPSA) is 76.7 Å². The smallest absolute Gasteiger partial charge is 0.309 e. The van der Waals surface area contributed by atoms with Crippen molar-refractivity contribution in [3.05, 3.63) is 23.8 Å². The molecular formula is C17H26N2O4. The average Bonchev–Trinajstić information content (AvgIpc) is 2.57. The maximum absolute atomic E-state index is 11.9. The number of ether oxygens (including phenoxy) is 2. The highest BCUT2D eigenvalue weighted by atomic mass is 16.5. The Bertz CT molecular complexity index is 531. The molecule has 0 aliphatic carbocycles. The molecule has 6 nitrogen and oxygen atoms in total. The quantitative estimate of drug-likeness (QED) is 0.568. The summed E-state index contributed by atoms with van der Waals surface area (Å²) in [5.41, 5.74) is 0.829. The lowest BCUT2D eigenvalue weighted by atomic mass is 10.1. The number of nitrogens with one attached hydrogen (secondary N) is 2. The molecule has 0 saturated heterocycles. The molecule has 0 bridgehead atoms. The van der Waals surface area contributed by atoms with Crippen molar-refractivity contribution in [1.29, 1.82) is 0 Å². The highest BCUT2D eigenvalue weighted by Gasteiger charge is 2.17. The molecule has 1 rings (SSSR count). The molecule has 1 aromatic carbocycles. The molecule has 1 atom stereocenters. The summed E-state index contributed by atoms with van der Waals surface area (Å²) in [6.45, 7) is 4.41. The fraction of sp³-hybridized carbons (Fsp3) is 0.529. The average molecular weight is 322 g/mol. The van der Waals surface area contributed by atoms with E-state index in [4.69, 9.17) is 9.47 Å². The summed E-state index contributed by atoms with van der Waals surface area (Å²) >= 11 is 0. The zero-order valence-corrected chi connectivity index (χ0v) is 14.3. The van der Waals surface area contributed by atoms with Gasteiger partial charge in [0.2, 0.25) is 0 Å².